The molecule has 1 unspecified atom stereocenters. The van der Waals surface area contributed by atoms with E-state index in [1.54, 1.807) is 18.2 Å². The van der Waals surface area contributed by atoms with Crippen LogP contribution in [0.4, 0.5) is 0 Å². The average molecular weight is 249 g/mol. The molecule has 1 aromatic heterocycles. The lowest BCUT2D eigenvalue weighted by atomic mass is 10.1. The number of carboxylic acids is 1. The highest BCUT2D eigenvalue weighted by Gasteiger charge is 2.24. The second-order valence-electron chi connectivity index (χ2n) is 4.07. The van der Waals surface area contributed by atoms with Gasteiger partial charge in [-0.25, -0.2) is 9.78 Å². The van der Waals surface area contributed by atoms with Crippen LogP contribution >= 0.6 is 11.8 Å². The number of hydrogen-bond donors (Lipinski definition) is 1. The highest BCUT2D eigenvalue weighted by molar-refractivity contribution is 7.99. The van der Waals surface area contributed by atoms with Crippen molar-refractivity contribution in [2.24, 2.45) is 0 Å². The van der Waals surface area contributed by atoms with E-state index >= 15 is 0 Å². The molecule has 2 aromatic rings. The Hall–Kier alpha value is -1.49. The van der Waals surface area contributed by atoms with Crippen molar-refractivity contribution in [2.75, 3.05) is 11.5 Å². The van der Waals surface area contributed by atoms with Crippen molar-refractivity contribution in [1.29, 1.82) is 0 Å². The Balaban J connectivity index is 2.11. The van der Waals surface area contributed by atoms with Crippen LogP contribution in [0, 0.1) is 0 Å². The fourth-order valence-electron chi connectivity index (χ4n) is 2.04. The van der Waals surface area contributed by atoms with Crippen LogP contribution in [0.1, 0.15) is 28.6 Å². The van der Waals surface area contributed by atoms with Crippen molar-refractivity contribution >= 4 is 28.8 Å². The van der Waals surface area contributed by atoms with Crippen molar-refractivity contribution in [2.45, 2.75) is 12.3 Å². The topological polar surface area (TPSA) is 63.3 Å². The van der Waals surface area contributed by atoms with Gasteiger partial charge in [-0.3, -0.25) is 0 Å². The summed E-state index contributed by atoms with van der Waals surface area (Å²) in [6.45, 7) is 0. The van der Waals surface area contributed by atoms with Crippen LogP contribution in [-0.4, -0.2) is 27.6 Å². The quantitative estimate of drug-likeness (QED) is 0.886. The van der Waals surface area contributed by atoms with E-state index in [0.29, 0.717) is 22.9 Å². The number of carbonyl (C=O) groups is 1. The van der Waals surface area contributed by atoms with Gasteiger partial charge in [-0.1, -0.05) is 6.07 Å². The monoisotopic (exact) mass is 249 g/mol. The van der Waals surface area contributed by atoms with Gasteiger partial charge in [0.1, 0.15) is 11.1 Å². The lowest BCUT2D eigenvalue weighted by Gasteiger charge is -2.00. The largest absolute Gasteiger partial charge is 0.478 e. The summed E-state index contributed by atoms with van der Waals surface area (Å²) in [5, 5.41) is 9.07. The molecule has 0 radical (unpaired) electrons. The molecule has 0 bridgehead atoms. The van der Waals surface area contributed by atoms with Crippen LogP contribution in [0.15, 0.2) is 22.6 Å². The molecule has 0 spiro atoms. The van der Waals surface area contributed by atoms with Crippen molar-refractivity contribution < 1.29 is 14.3 Å². The van der Waals surface area contributed by atoms with Gasteiger partial charge in [0, 0.05) is 11.7 Å². The molecular formula is C12H11NO3S. The third-order valence-corrected chi connectivity index (χ3v) is 4.10. The molecule has 0 amide bonds. The van der Waals surface area contributed by atoms with Gasteiger partial charge in [0.15, 0.2) is 11.5 Å². The average Bonchev–Trinajstić information content (AvgIpc) is 2.96. The molecule has 88 valence electrons. The number of nitrogens with zero attached hydrogens (tertiary/aromatic N) is 1. The maximum absolute atomic E-state index is 11.1. The first-order valence-corrected chi connectivity index (χ1v) is 6.61. The summed E-state index contributed by atoms with van der Waals surface area (Å²) >= 11 is 1.88. The fraction of sp³-hybridized carbons (Fsp3) is 0.333. The van der Waals surface area contributed by atoms with Crippen LogP contribution in [-0.2, 0) is 0 Å². The van der Waals surface area contributed by atoms with E-state index in [-0.39, 0.29) is 5.56 Å². The van der Waals surface area contributed by atoms with E-state index in [9.17, 15) is 4.79 Å². The Kier molecular flexibility index (Phi) is 2.55. The van der Waals surface area contributed by atoms with Crippen LogP contribution in [0.2, 0.25) is 0 Å². The number of aromatic nitrogens is 1. The number of benzene rings is 1. The standard InChI is InChI=1S/C12H11NO3S/c14-12(15)8-2-1-3-9-10(8)16-11(13-9)7-4-5-17-6-7/h1-3,7H,4-6H2,(H,14,15). The minimum atomic E-state index is -0.973. The molecule has 1 aliphatic rings. The molecule has 1 saturated heterocycles. The molecule has 0 aliphatic carbocycles. The second kappa shape index (κ2) is 4.07. The predicted molar refractivity (Wildman–Crippen MR) is 65.7 cm³/mol. The Morgan fingerprint density at radius 2 is 2.41 bits per heavy atom. The maximum Gasteiger partial charge on any atom is 0.339 e. The van der Waals surface area contributed by atoms with E-state index in [1.165, 1.54) is 0 Å². The van der Waals surface area contributed by atoms with Crippen LogP contribution in [0.25, 0.3) is 11.1 Å². The SMILES string of the molecule is O=C(O)c1cccc2nc(C3CCSC3)oc12. The summed E-state index contributed by atoms with van der Waals surface area (Å²) in [7, 11) is 0. The first kappa shape index (κ1) is 10.7. The molecule has 1 fully saturated rings. The van der Waals surface area contributed by atoms with Crippen molar-refractivity contribution in [1.82, 2.24) is 4.98 Å². The number of hydrogen-bond acceptors (Lipinski definition) is 4. The highest BCUT2D eigenvalue weighted by Crippen LogP contribution is 2.34. The maximum atomic E-state index is 11.1. The Morgan fingerprint density at radius 3 is 3.12 bits per heavy atom. The van der Waals surface area contributed by atoms with Gasteiger partial charge in [0.05, 0.1) is 0 Å². The predicted octanol–water partition coefficient (Wildman–Crippen LogP) is 2.75. The van der Waals surface area contributed by atoms with Crippen LogP contribution in [0.5, 0.6) is 0 Å². The minimum Gasteiger partial charge on any atom is -0.478 e. The summed E-state index contributed by atoms with van der Waals surface area (Å²) in [6, 6.07) is 5.03. The van der Waals surface area contributed by atoms with Crippen molar-refractivity contribution in [3.63, 3.8) is 0 Å². The van der Waals surface area contributed by atoms with E-state index in [1.807, 2.05) is 11.8 Å². The number of rotatable bonds is 2. The van der Waals surface area contributed by atoms with Crippen LogP contribution in [0.3, 0.4) is 0 Å². The highest BCUT2D eigenvalue weighted by atomic mass is 32.2. The number of para-hydroxylation sites is 1. The summed E-state index contributed by atoms with van der Waals surface area (Å²) < 4.78 is 5.64. The van der Waals surface area contributed by atoms with Gasteiger partial charge in [0.2, 0.25) is 0 Å². The first-order chi connectivity index (χ1) is 8.25. The van der Waals surface area contributed by atoms with Crippen LogP contribution < -0.4 is 0 Å². The van der Waals surface area contributed by atoms with Crippen molar-refractivity contribution in [3.8, 4) is 0 Å². The molecule has 4 nitrogen and oxygen atoms in total. The molecule has 3 rings (SSSR count). The molecule has 0 saturated carbocycles. The number of carboxylic acid groups (broad SMARTS) is 1. The summed E-state index contributed by atoms with van der Waals surface area (Å²) in [6.07, 6.45) is 1.06. The third kappa shape index (κ3) is 1.80. The second-order valence-corrected chi connectivity index (χ2v) is 5.22. The zero-order valence-corrected chi connectivity index (χ0v) is 9.87. The smallest absolute Gasteiger partial charge is 0.339 e. The number of aromatic carboxylic acids is 1. The molecule has 1 aromatic carbocycles. The lowest BCUT2D eigenvalue weighted by Crippen LogP contribution is -1.96. The van der Waals surface area contributed by atoms with Crippen molar-refractivity contribution in [3.05, 3.63) is 29.7 Å². The molecular weight excluding hydrogens is 238 g/mol. The summed E-state index contributed by atoms with van der Waals surface area (Å²) in [4.78, 5) is 15.4. The van der Waals surface area contributed by atoms with E-state index in [4.69, 9.17) is 9.52 Å². The summed E-state index contributed by atoms with van der Waals surface area (Å²) in [5.41, 5.74) is 1.22. The van der Waals surface area contributed by atoms with E-state index in [2.05, 4.69) is 4.98 Å². The molecule has 1 aliphatic heterocycles. The van der Waals surface area contributed by atoms with Gasteiger partial charge in [-0.15, -0.1) is 0 Å². The number of thioether (sulfide) groups is 1. The van der Waals surface area contributed by atoms with Gasteiger partial charge in [-0.2, -0.15) is 11.8 Å². The van der Waals surface area contributed by atoms with E-state index < -0.39 is 5.97 Å². The summed E-state index contributed by atoms with van der Waals surface area (Å²) in [5.74, 6) is 2.16. The molecule has 17 heavy (non-hydrogen) atoms. The Morgan fingerprint density at radius 1 is 1.53 bits per heavy atom. The Labute approximate surface area is 102 Å². The normalized spacial score (nSPS) is 19.9. The zero-order valence-electron chi connectivity index (χ0n) is 9.05. The van der Waals surface area contributed by atoms with Gasteiger partial charge >= 0.3 is 5.97 Å². The molecule has 5 heteroatoms. The molecule has 1 atom stereocenters. The van der Waals surface area contributed by atoms with Gasteiger partial charge in [-0.05, 0) is 24.3 Å². The fourth-order valence-corrected chi connectivity index (χ4v) is 3.25. The lowest BCUT2D eigenvalue weighted by molar-refractivity contribution is 0.0698. The zero-order chi connectivity index (χ0) is 11.8. The van der Waals surface area contributed by atoms with Gasteiger partial charge < -0.3 is 9.52 Å². The number of fused-ring (bicyclic) bond motifs is 1. The Bertz CT molecular complexity index is 572. The first-order valence-electron chi connectivity index (χ1n) is 5.46. The van der Waals surface area contributed by atoms with E-state index in [0.717, 1.165) is 17.9 Å². The number of oxazole rings is 1. The molecule has 1 N–H and O–H groups in total. The van der Waals surface area contributed by atoms with Gasteiger partial charge in [0.25, 0.3) is 0 Å². The minimum absolute atomic E-state index is 0.187. The third-order valence-electron chi connectivity index (χ3n) is 2.94. The molecule has 2 heterocycles.